The molecule has 0 spiro atoms. The monoisotopic (exact) mass is 283 g/mol. The third-order valence-corrected chi connectivity index (χ3v) is 2.12. The molecule has 0 saturated carbocycles. The smallest absolute Gasteiger partial charge is 0.395 e. The molecule has 0 aliphatic heterocycles. The van der Waals surface area contributed by atoms with Crippen LogP contribution in [-0.4, -0.2) is 18.1 Å². The highest BCUT2D eigenvalue weighted by atomic mass is 19.4. The standard InChI is InChI=1S/C11H7F6NO/c12-10(13,14)9(11(15,16)17)7(18)8(19)6-4-2-1-3-5-6/h1-5H,18H2. The first-order valence-electron chi connectivity index (χ1n) is 4.79. The van der Waals surface area contributed by atoms with Gasteiger partial charge in [-0.05, 0) is 0 Å². The van der Waals surface area contributed by atoms with Gasteiger partial charge in [-0.15, -0.1) is 0 Å². The number of hydrogen-bond acceptors (Lipinski definition) is 2. The van der Waals surface area contributed by atoms with Crippen molar-refractivity contribution >= 4 is 5.78 Å². The minimum absolute atomic E-state index is 0.356. The average molecular weight is 283 g/mol. The van der Waals surface area contributed by atoms with Crippen LogP contribution in [0.3, 0.4) is 0 Å². The van der Waals surface area contributed by atoms with Gasteiger partial charge in [-0.3, -0.25) is 4.79 Å². The third kappa shape index (κ3) is 3.49. The molecule has 1 rings (SSSR count). The summed E-state index contributed by atoms with van der Waals surface area (Å²) in [6.45, 7) is 0. The van der Waals surface area contributed by atoms with Crippen LogP contribution in [0.15, 0.2) is 41.6 Å². The Balaban J connectivity index is 3.37. The molecule has 2 N–H and O–H groups in total. The summed E-state index contributed by atoms with van der Waals surface area (Å²) in [5.41, 5.74) is -0.461. The highest BCUT2D eigenvalue weighted by Crippen LogP contribution is 2.40. The Morgan fingerprint density at radius 3 is 1.68 bits per heavy atom. The van der Waals surface area contributed by atoms with Crippen molar-refractivity contribution in [2.75, 3.05) is 0 Å². The second-order valence-corrected chi connectivity index (χ2v) is 3.48. The van der Waals surface area contributed by atoms with Gasteiger partial charge in [0.25, 0.3) is 0 Å². The summed E-state index contributed by atoms with van der Waals surface area (Å²) < 4.78 is 74.0. The zero-order chi connectivity index (χ0) is 14.8. The van der Waals surface area contributed by atoms with Crippen molar-refractivity contribution in [3.05, 3.63) is 47.2 Å². The highest BCUT2D eigenvalue weighted by molar-refractivity contribution is 6.08. The van der Waals surface area contributed by atoms with Gasteiger partial charge < -0.3 is 5.73 Å². The van der Waals surface area contributed by atoms with Crippen LogP contribution in [0.25, 0.3) is 0 Å². The SMILES string of the molecule is NC(C(=O)c1ccccc1)=C(C(F)(F)F)C(F)(F)F. The van der Waals surface area contributed by atoms with Crippen molar-refractivity contribution in [1.82, 2.24) is 0 Å². The molecular weight excluding hydrogens is 276 g/mol. The van der Waals surface area contributed by atoms with Crippen LogP contribution in [-0.2, 0) is 0 Å². The number of Topliss-reactive ketones (excluding diaryl/α,β-unsaturated/α-hetero) is 1. The number of rotatable bonds is 2. The van der Waals surface area contributed by atoms with E-state index in [-0.39, 0.29) is 5.56 Å². The Kier molecular flexibility index (Phi) is 3.92. The molecule has 104 valence electrons. The van der Waals surface area contributed by atoms with Crippen LogP contribution in [0.2, 0.25) is 0 Å². The minimum Gasteiger partial charge on any atom is -0.395 e. The number of allylic oxidation sites excluding steroid dienone is 2. The zero-order valence-electron chi connectivity index (χ0n) is 9.14. The molecule has 0 fully saturated rings. The van der Waals surface area contributed by atoms with Crippen molar-refractivity contribution in [2.24, 2.45) is 5.73 Å². The average Bonchev–Trinajstić information content (AvgIpc) is 2.25. The lowest BCUT2D eigenvalue weighted by Gasteiger charge is -2.17. The van der Waals surface area contributed by atoms with Crippen LogP contribution < -0.4 is 5.73 Å². The summed E-state index contributed by atoms with van der Waals surface area (Å²) >= 11 is 0. The number of alkyl halides is 6. The molecular formula is C11H7F6NO. The van der Waals surface area contributed by atoms with Crippen LogP contribution in [0, 0.1) is 0 Å². The molecule has 8 heteroatoms. The van der Waals surface area contributed by atoms with E-state index in [2.05, 4.69) is 0 Å². The van der Waals surface area contributed by atoms with E-state index >= 15 is 0 Å². The molecule has 0 unspecified atom stereocenters. The number of carbonyl (C=O) groups excluding carboxylic acids is 1. The largest absolute Gasteiger partial charge is 0.423 e. The van der Waals surface area contributed by atoms with E-state index < -0.39 is 29.4 Å². The first kappa shape index (κ1) is 15.1. The number of hydrogen-bond donors (Lipinski definition) is 1. The predicted molar refractivity (Wildman–Crippen MR) is 54.1 cm³/mol. The lowest BCUT2D eigenvalue weighted by atomic mass is 10.0. The predicted octanol–water partition coefficient (Wildman–Crippen LogP) is 3.21. The van der Waals surface area contributed by atoms with Gasteiger partial charge in [0.1, 0.15) is 0 Å². The van der Waals surface area contributed by atoms with Gasteiger partial charge in [-0.2, -0.15) is 26.3 Å². The molecule has 1 aromatic carbocycles. The second-order valence-electron chi connectivity index (χ2n) is 3.48. The molecule has 0 radical (unpaired) electrons. The van der Waals surface area contributed by atoms with Gasteiger partial charge in [-0.25, -0.2) is 0 Å². The van der Waals surface area contributed by atoms with Crippen molar-refractivity contribution in [2.45, 2.75) is 12.4 Å². The summed E-state index contributed by atoms with van der Waals surface area (Å²) in [4.78, 5) is 11.5. The molecule has 0 aliphatic rings. The number of benzene rings is 1. The first-order valence-corrected chi connectivity index (χ1v) is 4.79. The Labute approximate surface area is 103 Å². The van der Waals surface area contributed by atoms with E-state index in [9.17, 15) is 31.1 Å². The summed E-state index contributed by atoms with van der Waals surface area (Å²) in [5.74, 6) is -1.52. The fourth-order valence-corrected chi connectivity index (χ4v) is 1.32. The van der Waals surface area contributed by atoms with Gasteiger partial charge in [0.2, 0.25) is 5.78 Å². The fourth-order valence-electron chi connectivity index (χ4n) is 1.32. The van der Waals surface area contributed by atoms with E-state index in [1.807, 2.05) is 0 Å². The van der Waals surface area contributed by atoms with Crippen LogP contribution >= 0.6 is 0 Å². The molecule has 1 aromatic rings. The summed E-state index contributed by atoms with van der Waals surface area (Å²) in [7, 11) is 0. The van der Waals surface area contributed by atoms with Gasteiger partial charge >= 0.3 is 12.4 Å². The van der Waals surface area contributed by atoms with Gasteiger partial charge in [0.05, 0.1) is 5.70 Å². The first-order chi connectivity index (χ1) is 8.55. The summed E-state index contributed by atoms with van der Waals surface area (Å²) in [6, 6.07) is 6.17. The number of halogens is 6. The maximum absolute atomic E-state index is 12.3. The molecule has 0 amide bonds. The Hall–Kier alpha value is -1.99. The van der Waals surface area contributed by atoms with E-state index in [1.165, 1.54) is 18.2 Å². The molecule has 0 bridgehead atoms. The van der Waals surface area contributed by atoms with E-state index in [1.54, 1.807) is 0 Å². The highest BCUT2D eigenvalue weighted by Gasteiger charge is 2.53. The lowest BCUT2D eigenvalue weighted by Crippen LogP contribution is -2.32. The summed E-state index contributed by atoms with van der Waals surface area (Å²) in [5, 5.41) is 0. The maximum atomic E-state index is 12.3. The van der Waals surface area contributed by atoms with Crippen molar-refractivity contribution < 1.29 is 31.1 Å². The van der Waals surface area contributed by atoms with Crippen LogP contribution in [0.5, 0.6) is 0 Å². The maximum Gasteiger partial charge on any atom is 0.423 e. The zero-order valence-corrected chi connectivity index (χ0v) is 9.14. The minimum atomic E-state index is -5.76. The number of nitrogens with two attached hydrogens (primary N) is 1. The van der Waals surface area contributed by atoms with Crippen LogP contribution in [0.1, 0.15) is 10.4 Å². The van der Waals surface area contributed by atoms with E-state index in [4.69, 9.17) is 5.73 Å². The van der Waals surface area contributed by atoms with E-state index in [0.717, 1.165) is 12.1 Å². The second kappa shape index (κ2) is 4.94. The normalized spacial score (nSPS) is 12.1. The number of ketones is 1. The number of carbonyl (C=O) groups is 1. The molecule has 19 heavy (non-hydrogen) atoms. The Bertz CT molecular complexity index is 484. The topological polar surface area (TPSA) is 43.1 Å². The van der Waals surface area contributed by atoms with Crippen molar-refractivity contribution in [3.8, 4) is 0 Å². The molecule has 0 atom stereocenters. The van der Waals surface area contributed by atoms with Gasteiger partial charge in [0.15, 0.2) is 5.57 Å². The van der Waals surface area contributed by atoms with Crippen molar-refractivity contribution in [3.63, 3.8) is 0 Å². The molecule has 0 aromatic heterocycles. The molecule has 0 aliphatic carbocycles. The van der Waals surface area contributed by atoms with Crippen LogP contribution in [0.4, 0.5) is 26.3 Å². The van der Waals surface area contributed by atoms with Gasteiger partial charge in [0, 0.05) is 5.56 Å². The van der Waals surface area contributed by atoms with E-state index in [0.29, 0.717) is 0 Å². The van der Waals surface area contributed by atoms with Gasteiger partial charge in [-0.1, -0.05) is 30.3 Å². The molecule has 0 saturated heterocycles. The fraction of sp³-hybridized carbons (Fsp3) is 0.182. The van der Waals surface area contributed by atoms with Crippen molar-refractivity contribution in [1.29, 1.82) is 0 Å². The quantitative estimate of drug-likeness (QED) is 0.514. The Morgan fingerprint density at radius 1 is 0.895 bits per heavy atom. The molecule has 2 nitrogen and oxygen atoms in total. The molecule has 0 heterocycles. The summed E-state index contributed by atoms with van der Waals surface area (Å²) in [6.07, 6.45) is -11.5. The Morgan fingerprint density at radius 2 is 1.32 bits per heavy atom. The third-order valence-electron chi connectivity index (χ3n) is 2.12. The lowest BCUT2D eigenvalue weighted by molar-refractivity contribution is -0.172.